The Morgan fingerprint density at radius 1 is 1.14 bits per heavy atom. The number of amides is 1. The minimum Gasteiger partial charge on any atom is -0.351 e. The fourth-order valence-corrected chi connectivity index (χ4v) is 4.28. The lowest BCUT2D eigenvalue weighted by molar-refractivity contribution is 0.0949. The second-order valence-corrected chi connectivity index (χ2v) is 7.86. The average molecular weight is 380 g/mol. The van der Waals surface area contributed by atoms with Crippen LogP contribution in [0.1, 0.15) is 46.7 Å². The van der Waals surface area contributed by atoms with E-state index in [-0.39, 0.29) is 5.91 Å². The normalized spacial score (nSPS) is 19.9. The van der Waals surface area contributed by atoms with E-state index < -0.39 is 0 Å². The van der Waals surface area contributed by atoms with Gasteiger partial charge in [-0.25, -0.2) is 9.97 Å². The van der Waals surface area contributed by atoms with Crippen LogP contribution in [0.15, 0.2) is 36.7 Å². The van der Waals surface area contributed by atoms with Gasteiger partial charge in [-0.15, -0.1) is 0 Å². The lowest BCUT2D eigenvalue weighted by Gasteiger charge is -2.17. The van der Waals surface area contributed by atoms with Crippen LogP contribution in [0, 0.1) is 6.92 Å². The standard InChI is InChI=1S/C22H29N5O/c1-17-6-2-3-7-20(17)18-8-12-26(16-18)13-9-23-21(28)19-14-24-22(25-15-19)27-10-4-5-11-27/h2-3,6-7,14-15,18H,4-5,8-13,16H2,1H3,(H,23,28)/t18-/m0/s1. The van der Waals surface area contributed by atoms with Crippen molar-refractivity contribution >= 4 is 11.9 Å². The van der Waals surface area contributed by atoms with Gasteiger partial charge in [0.05, 0.1) is 5.56 Å². The lowest BCUT2D eigenvalue weighted by atomic mass is 9.94. The molecule has 4 rings (SSSR count). The largest absolute Gasteiger partial charge is 0.351 e. The van der Waals surface area contributed by atoms with Crippen LogP contribution >= 0.6 is 0 Å². The molecule has 6 nitrogen and oxygen atoms in total. The molecule has 1 aromatic carbocycles. The fourth-order valence-electron chi connectivity index (χ4n) is 4.28. The molecule has 2 aliphatic heterocycles. The molecule has 2 aliphatic rings. The fraction of sp³-hybridized carbons (Fsp3) is 0.500. The molecule has 0 radical (unpaired) electrons. The number of hydrogen-bond donors (Lipinski definition) is 1. The van der Waals surface area contributed by atoms with Crippen molar-refractivity contribution in [2.75, 3.05) is 44.2 Å². The predicted molar refractivity (Wildman–Crippen MR) is 111 cm³/mol. The number of carbonyl (C=O) groups excluding carboxylic acids is 1. The number of benzene rings is 1. The van der Waals surface area contributed by atoms with Crippen LogP contribution in [0.4, 0.5) is 5.95 Å². The zero-order valence-corrected chi connectivity index (χ0v) is 16.6. The highest BCUT2D eigenvalue weighted by Gasteiger charge is 2.24. The number of carbonyl (C=O) groups is 1. The highest BCUT2D eigenvalue weighted by molar-refractivity contribution is 5.93. The van der Waals surface area contributed by atoms with Gasteiger partial charge in [0, 0.05) is 45.1 Å². The summed E-state index contributed by atoms with van der Waals surface area (Å²) in [6, 6.07) is 8.66. The summed E-state index contributed by atoms with van der Waals surface area (Å²) in [6.45, 7) is 7.87. The summed E-state index contributed by atoms with van der Waals surface area (Å²) in [6.07, 6.45) is 6.84. The van der Waals surface area contributed by atoms with Crippen molar-refractivity contribution in [3.05, 3.63) is 53.3 Å². The van der Waals surface area contributed by atoms with Crippen molar-refractivity contribution in [3.63, 3.8) is 0 Å². The number of nitrogens with zero attached hydrogens (tertiary/aromatic N) is 4. The summed E-state index contributed by atoms with van der Waals surface area (Å²) in [5.74, 6) is 1.24. The van der Waals surface area contributed by atoms with Crippen molar-refractivity contribution in [2.24, 2.45) is 0 Å². The Bertz CT molecular complexity index is 801. The summed E-state index contributed by atoms with van der Waals surface area (Å²) in [5.41, 5.74) is 3.37. The molecular formula is C22H29N5O. The van der Waals surface area contributed by atoms with Crippen LogP contribution in [0.25, 0.3) is 0 Å². The van der Waals surface area contributed by atoms with Crippen LogP contribution in [0.3, 0.4) is 0 Å². The van der Waals surface area contributed by atoms with Crippen LogP contribution in [0.2, 0.25) is 0 Å². The first-order valence-electron chi connectivity index (χ1n) is 10.3. The highest BCUT2D eigenvalue weighted by atomic mass is 16.1. The van der Waals surface area contributed by atoms with Gasteiger partial charge in [0.15, 0.2) is 0 Å². The molecule has 2 saturated heterocycles. The molecule has 1 amide bonds. The maximum absolute atomic E-state index is 12.4. The van der Waals surface area contributed by atoms with E-state index in [4.69, 9.17) is 0 Å². The van der Waals surface area contributed by atoms with E-state index in [9.17, 15) is 4.79 Å². The maximum atomic E-state index is 12.4. The molecule has 0 saturated carbocycles. The number of likely N-dealkylation sites (tertiary alicyclic amines) is 1. The van der Waals surface area contributed by atoms with Crippen molar-refractivity contribution in [3.8, 4) is 0 Å². The second-order valence-electron chi connectivity index (χ2n) is 7.86. The predicted octanol–water partition coefficient (Wildman–Crippen LogP) is 2.60. The van der Waals surface area contributed by atoms with Crippen LogP contribution in [0.5, 0.6) is 0 Å². The molecule has 2 aromatic rings. The van der Waals surface area contributed by atoms with Crippen LogP contribution < -0.4 is 10.2 Å². The second kappa shape index (κ2) is 8.69. The van der Waals surface area contributed by atoms with Crippen molar-refractivity contribution in [2.45, 2.75) is 32.1 Å². The van der Waals surface area contributed by atoms with Crippen molar-refractivity contribution in [1.82, 2.24) is 20.2 Å². The van der Waals surface area contributed by atoms with Gasteiger partial charge in [-0.05, 0) is 49.8 Å². The van der Waals surface area contributed by atoms with Crippen molar-refractivity contribution in [1.29, 1.82) is 0 Å². The third-order valence-corrected chi connectivity index (χ3v) is 5.90. The minimum absolute atomic E-state index is 0.0948. The minimum atomic E-state index is -0.0948. The summed E-state index contributed by atoms with van der Waals surface area (Å²) in [5, 5.41) is 3.01. The smallest absolute Gasteiger partial charge is 0.254 e. The van der Waals surface area contributed by atoms with Crippen LogP contribution in [-0.2, 0) is 0 Å². The molecule has 0 spiro atoms. The Hall–Kier alpha value is -2.47. The highest BCUT2D eigenvalue weighted by Crippen LogP contribution is 2.28. The first-order chi connectivity index (χ1) is 13.7. The quantitative estimate of drug-likeness (QED) is 0.836. The molecule has 1 aromatic heterocycles. The zero-order valence-electron chi connectivity index (χ0n) is 16.6. The topological polar surface area (TPSA) is 61.4 Å². The summed E-state index contributed by atoms with van der Waals surface area (Å²) in [7, 11) is 0. The third-order valence-electron chi connectivity index (χ3n) is 5.90. The number of anilines is 1. The monoisotopic (exact) mass is 379 g/mol. The number of aryl methyl sites for hydroxylation is 1. The van der Waals surface area contributed by atoms with E-state index in [1.807, 2.05) is 0 Å². The Balaban J connectivity index is 1.23. The molecule has 0 aliphatic carbocycles. The van der Waals surface area contributed by atoms with E-state index >= 15 is 0 Å². The molecular weight excluding hydrogens is 350 g/mol. The van der Waals surface area contributed by atoms with Gasteiger partial charge in [0.25, 0.3) is 5.91 Å². The van der Waals surface area contributed by atoms with E-state index in [0.717, 1.165) is 38.7 Å². The van der Waals surface area contributed by atoms with Gasteiger partial charge in [0.1, 0.15) is 0 Å². The molecule has 1 N–H and O–H groups in total. The van der Waals surface area contributed by atoms with Gasteiger partial charge >= 0.3 is 0 Å². The Labute approximate surface area is 167 Å². The van der Waals surface area contributed by atoms with E-state index in [1.165, 1.54) is 30.4 Å². The van der Waals surface area contributed by atoms with Gasteiger partial charge < -0.3 is 15.1 Å². The van der Waals surface area contributed by atoms with E-state index in [1.54, 1.807) is 12.4 Å². The number of aromatic nitrogens is 2. The van der Waals surface area contributed by atoms with Gasteiger partial charge in [-0.3, -0.25) is 4.79 Å². The molecule has 148 valence electrons. The van der Waals surface area contributed by atoms with Crippen molar-refractivity contribution < 1.29 is 4.79 Å². The Morgan fingerprint density at radius 3 is 2.64 bits per heavy atom. The Morgan fingerprint density at radius 2 is 1.89 bits per heavy atom. The Kier molecular flexibility index (Phi) is 5.86. The van der Waals surface area contributed by atoms with E-state index in [0.29, 0.717) is 18.0 Å². The molecule has 0 unspecified atom stereocenters. The van der Waals surface area contributed by atoms with Gasteiger partial charge in [-0.2, -0.15) is 0 Å². The van der Waals surface area contributed by atoms with Gasteiger partial charge in [-0.1, -0.05) is 24.3 Å². The first-order valence-corrected chi connectivity index (χ1v) is 10.3. The zero-order chi connectivity index (χ0) is 19.3. The average Bonchev–Trinajstić information content (AvgIpc) is 3.41. The van der Waals surface area contributed by atoms with Crippen LogP contribution in [-0.4, -0.2) is 60.0 Å². The third kappa shape index (κ3) is 4.33. The molecule has 2 fully saturated rings. The molecule has 0 bridgehead atoms. The molecule has 3 heterocycles. The summed E-state index contributed by atoms with van der Waals surface area (Å²) in [4.78, 5) is 25.7. The molecule has 6 heteroatoms. The first kappa shape index (κ1) is 18.9. The van der Waals surface area contributed by atoms with E-state index in [2.05, 4.69) is 56.3 Å². The SMILES string of the molecule is Cc1ccccc1[C@H]1CCN(CCNC(=O)c2cnc(N3CCCC3)nc2)C1. The maximum Gasteiger partial charge on any atom is 0.254 e. The lowest BCUT2D eigenvalue weighted by Crippen LogP contribution is -2.34. The number of nitrogens with one attached hydrogen (secondary N) is 1. The summed E-state index contributed by atoms with van der Waals surface area (Å²) >= 11 is 0. The van der Waals surface area contributed by atoms with Gasteiger partial charge in [0.2, 0.25) is 5.95 Å². The number of hydrogen-bond acceptors (Lipinski definition) is 5. The molecule has 1 atom stereocenters. The summed E-state index contributed by atoms with van der Waals surface area (Å²) < 4.78 is 0. The molecule has 28 heavy (non-hydrogen) atoms. The number of rotatable bonds is 6.